The van der Waals surface area contributed by atoms with Gasteiger partial charge in [0.1, 0.15) is 6.04 Å². The lowest BCUT2D eigenvalue weighted by Gasteiger charge is -2.21. The lowest BCUT2D eigenvalue weighted by Crippen LogP contribution is -2.40. The molecule has 2 rings (SSSR count). The second-order valence-corrected chi connectivity index (χ2v) is 5.77. The van der Waals surface area contributed by atoms with Crippen molar-refractivity contribution in [3.63, 3.8) is 0 Å². The van der Waals surface area contributed by atoms with Crippen molar-refractivity contribution in [3.05, 3.63) is 11.1 Å². The van der Waals surface area contributed by atoms with Crippen LogP contribution in [0.25, 0.3) is 0 Å². The van der Waals surface area contributed by atoms with Crippen LogP contribution in [0.5, 0.6) is 0 Å². The molecule has 0 aromatic carbocycles. The number of carbonyl (C=O) groups excluding carboxylic acids is 2. The van der Waals surface area contributed by atoms with Crippen molar-refractivity contribution in [1.82, 2.24) is 9.88 Å². The fourth-order valence-corrected chi connectivity index (χ4v) is 2.70. The Hall–Kier alpha value is -1.43. The number of anilines is 1. The maximum absolute atomic E-state index is 12.1. The maximum atomic E-state index is 12.1. The minimum Gasteiger partial charge on any atom is -0.349 e. The first-order valence-corrected chi connectivity index (χ1v) is 6.89. The number of aryl methyl sites for hydroxylation is 1. The molecule has 1 aromatic rings. The van der Waals surface area contributed by atoms with E-state index in [1.165, 1.54) is 16.2 Å². The first-order chi connectivity index (χ1) is 8.52. The van der Waals surface area contributed by atoms with E-state index in [4.69, 9.17) is 0 Å². The summed E-state index contributed by atoms with van der Waals surface area (Å²) in [6.07, 6.45) is 2.75. The molecule has 1 aliphatic rings. The molecule has 2 unspecified atom stereocenters. The highest BCUT2D eigenvalue weighted by atomic mass is 32.1. The molecule has 2 heterocycles. The van der Waals surface area contributed by atoms with Gasteiger partial charge in [0.2, 0.25) is 5.91 Å². The van der Waals surface area contributed by atoms with Crippen LogP contribution in [0.1, 0.15) is 31.6 Å². The highest BCUT2D eigenvalue weighted by molar-refractivity contribution is 7.15. The summed E-state index contributed by atoms with van der Waals surface area (Å²) in [5.41, 5.74) is 0. The number of thiazole rings is 1. The standard InChI is InChI=1S/C12H17N3O2S/c1-4-7(2)15-10(16)5-9(11(15)17)14-12-13-6-8(3)18-12/h6-7,9H,4-5H2,1-3H3,(H,13,14). The molecule has 98 valence electrons. The number of amides is 2. The van der Waals surface area contributed by atoms with Gasteiger partial charge in [-0.1, -0.05) is 6.92 Å². The number of aromatic nitrogens is 1. The molecule has 1 saturated heterocycles. The SMILES string of the molecule is CCC(C)N1C(=O)CC(Nc2ncc(C)s2)C1=O. The van der Waals surface area contributed by atoms with Crippen molar-refractivity contribution in [1.29, 1.82) is 0 Å². The van der Waals surface area contributed by atoms with Gasteiger partial charge in [0.15, 0.2) is 5.13 Å². The Bertz CT molecular complexity index is 472. The third-order valence-electron chi connectivity index (χ3n) is 3.13. The molecule has 6 heteroatoms. The largest absolute Gasteiger partial charge is 0.349 e. The summed E-state index contributed by atoms with van der Waals surface area (Å²) in [4.78, 5) is 30.6. The Morgan fingerprint density at radius 2 is 2.33 bits per heavy atom. The fourth-order valence-electron chi connectivity index (χ4n) is 1.98. The maximum Gasteiger partial charge on any atom is 0.252 e. The van der Waals surface area contributed by atoms with Gasteiger partial charge in [-0.15, -0.1) is 11.3 Å². The van der Waals surface area contributed by atoms with Crippen molar-refractivity contribution in [3.8, 4) is 0 Å². The van der Waals surface area contributed by atoms with Gasteiger partial charge in [-0.05, 0) is 20.3 Å². The van der Waals surface area contributed by atoms with E-state index in [2.05, 4.69) is 10.3 Å². The van der Waals surface area contributed by atoms with Crippen LogP contribution in [0.4, 0.5) is 5.13 Å². The third kappa shape index (κ3) is 2.38. The van der Waals surface area contributed by atoms with E-state index in [1.54, 1.807) is 6.20 Å². The summed E-state index contributed by atoms with van der Waals surface area (Å²) >= 11 is 1.49. The Morgan fingerprint density at radius 3 is 2.89 bits per heavy atom. The molecule has 1 N–H and O–H groups in total. The summed E-state index contributed by atoms with van der Waals surface area (Å²) in [6.45, 7) is 5.82. The van der Waals surface area contributed by atoms with Crippen LogP contribution in [0, 0.1) is 6.92 Å². The number of hydrogen-bond donors (Lipinski definition) is 1. The molecule has 18 heavy (non-hydrogen) atoms. The van der Waals surface area contributed by atoms with E-state index < -0.39 is 6.04 Å². The second kappa shape index (κ2) is 5.06. The Morgan fingerprint density at radius 1 is 1.61 bits per heavy atom. The lowest BCUT2D eigenvalue weighted by atomic mass is 10.2. The van der Waals surface area contributed by atoms with Crippen molar-refractivity contribution in [2.75, 3.05) is 5.32 Å². The zero-order chi connectivity index (χ0) is 13.3. The van der Waals surface area contributed by atoms with Crippen molar-refractivity contribution >= 4 is 28.3 Å². The highest BCUT2D eigenvalue weighted by Crippen LogP contribution is 2.23. The number of likely N-dealkylation sites (tertiary alicyclic amines) is 1. The first-order valence-electron chi connectivity index (χ1n) is 6.07. The van der Waals surface area contributed by atoms with Gasteiger partial charge in [0.25, 0.3) is 5.91 Å². The molecular formula is C12H17N3O2S. The van der Waals surface area contributed by atoms with Crippen molar-refractivity contribution in [2.45, 2.75) is 45.7 Å². The van der Waals surface area contributed by atoms with Crippen LogP contribution in [-0.4, -0.2) is 33.8 Å². The molecule has 1 aromatic heterocycles. The fraction of sp³-hybridized carbons (Fsp3) is 0.583. The molecule has 2 amide bonds. The molecule has 0 spiro atoms. The van der Waals surface area contributed by atoms with Crippen molar-refractivity contribution < 1.29 is 9.59 Å². The van der Waals surface area contributed by atoms with Gasteiger partial charge < -0.3 is 5.32 Å². The molecule has 1 aliphatic heterocycles. The van der Waals surface area contributed by atoms with Crippen molar-refractivity contribution in [2.24, 2.45) is 0 Å². The second-order valence-electron chi connectivity index (χ2n) is 4.54. The van der Waals surface area contributed by atoms with Gasteiger partial charge in [0.05, 0.1) is 6.42 Å². The minimum atomic E-state index is -0.461. The number of rotatable bonds is 4. The zero-order valence-corrected chi connectivity index (χ0v) is 11.6. The topological polar surface area (TPSA) is 62.3 Å². The highest BCUT2D eigenvalue weighted by Gasteiger charge is 2.40. The monoisotopic (exact) mass is 267 g/mol. The van der Waals surface area contributed by atoms with Crippen LogP contribution < -0.4 is 5.32 Å². The molecule has 0 aliphatic carbocycles. The molecular weight excluding hydrogens is 250 g/mol. The Kier molecular flexibility index (Phi) is 3.65. The predicted molar refractivity (Wildman–Crippen MR) is 70.5 cm³/mol. The van der Waals surface area contributed by atoms with E-state index in [0.717, 1.165) is 11.3 Å². The molecule has 1 fully saturated rings. The number of nitrogens with zero attached hydrogens (tertiary/aromatic N) is 2. The van der Waals surface area contributed by atoms with Gasteiger partial charge in [-0.2, -0.15) is 0 Å². The molecule has 0 bridgehead atoms. The van der Waals surface area contributed by atoms with E-state index in [0.29, 0.717) is 5.13 Å². The van der Waals surface area contributed by atoms with E-state index in [9.17, 15) is 9.59 Å². The number of hydrogen-bond acceptors (Lipinski definition) is 5. The molecule has 0 radical (unpaired) electrons. The van der Waals surface area contributed by atoms with E-state index >= 15 is 0 Å². The molecule has 5 nitrogen and oxygen atoms in total. The summed E-state index contributed by atoms with van der Waals surface area (Å²) in [5, 5.41) is 3.74. The summed E-state index contributed by atoms with van der Waals surface area (Å²) in [6, 6.07) is -0.494. The number of imide groups is 1. The van der Waals surface area contributed by atoms with Gasteiger partial charge >= 0.3 is 0 Å². The summed E-state index contributed by atoms with van der Waals surface area (Å²) < 4.78 is 0. The summed E-state index contributed by atoms with van der Waals surface area (Å²) in [7, 11) is 0. The predicted octanol–water partition coefficient (Wildman–Crippen LogP) is 1.79. The van der Waals surface area contributed by atoms with Crippen LogP contribution in [0.3, 0.4) is 0 Å². The smallest absolute Gasteiger partial charge is 0.252 e. The normalized spacial score (nSPS) is 21.5. The van der Waals surface area contributed by atoms with Gasteiger partial charge in [-0.3, -0.25) is 14.5 Å². The van der Waals surface area contributed by atoms with E-state index in [-0.39, 0.29) is 24.3 Å². The zero-order valence-electron chi connectivity index (χ0n) is 10.8. The average molecular weight is 267 g/mol. The number of carbonyl (C=O) groups is 2. The third-order valence-corrected chi connectivity index (χ3v) is 3.98. The van der Waals surface area contributed by atoms with Crippen LogP contribution in [0.15, 0.2) is 6.20 Å². The van der Waals surface area contributed by atoms with E-state index in [1.807, 2.05) is 20.8 Å². The van der Waals surface area contributed by atoms with Gasteiger partial charge in [0, 0.05) is 17.1 Å². The van der Waals surface area contributed by atoms with Crippen LogP contribution in [0.2, 0.25) is 0 Å². The quantitative estimate of drug-likeness (QED) is 0.845. The Labute approximate surface area is 110 Å². The number of nitrogens with one attached hydrogen (secondary N) is 1. The summed E-state index contributed by atoms with van der Waals surface area (Å²) in [5.74, 6) is -0.234. The minimum absolute atomic E-state index is 0.0326. The molecule has 0 saturated carbocycles. The van der Waals surface area contributed by atoms with Crippen LogP contribution in [-0.2, 0) is 9.59 Å². The molecule has 2 atom stereocenters. The van der Waals surface area contributed by atoms with Gasteiger partial charge in [-0.25, -0.2) is 4.98 Å². The lowest BCUT2D eigenvalue weighted by molar-refractivity contribution is -0.140. The Balaban J connectivity index is 2.08. The van der Waals surface area contributed by atoms with Crippen LogP contribution >= 0.6 is 11.3 Å². The average Bonchev–Trinajstić information content (AvgIpc) is 2.84. The first kappa shape index (κ1) is 13.0.